The van der Waals surface area contributed by atoms with Crippen molar-refractivity contribution in [2.75, 3.05) is 13.2 Å². The number of unbranched alkanes of at least 4 members (excludes halogenated alkanes) is 21. The third-order valence-electron chi connectivity index (χ3n) is 10.5. The lowest BCUT2D eigenvalue weighted by Gasteiger charge is -2.18. The number of allylic oxidation sites excluding steroid dienone is 18. The minimum Gasteiger partial charge on any atom is -0.462 e. The normalized spacial score (nSPS) is 13.0. The van der Waals surface area contributed by atoms with Gasteiger partial charge in [0, 0.05) is 19.3 Å². The summed E-state index contributed by atoms with van der Waals surface area (Å²) < 4.78 is 16.7. The molecule has 0 aliphatic heterocycles. The Balaban J connectivity index is 4.45. The highest BCUT2D eigenvalue weighted by atomic mass is 16.6. The van der Waals surface area contributed by atoms with Crippen LogP contribution in [0, 0.1) is 0 Å². The van der Waals surface area contributed by atoms with Crippen LogP contribution in [0.15, 0.2) is 109 Å². The van der Waals surface area contributed by atoms with Gasteiger partial charge < -0.3 is 14.2 Å². The van der Waals surface area contributed by atoms with E-state index < -0.39 is 6.10 Å². The second kappa shape index (κ2) is 50.7. The van der Waals surface area contributed by atoms with E-state index in [1.807, 2.05) is 72.9 Å². The monoisotopic (exact) mass is 873 g/mol. The van der Waals surface area contributed by atoms with Crippen molar-refractivity contribution in [1.82, 2.24) is 0 Å². The first-order valence-corrected chi connectivity index (χ1v) is 25.5. The molecule has 0 bridgehead atoms. The van der Waals surface area contributed by atoms with Crippen molar-refractivity contribution in [2.24, 2.45) is 0 Å². The van der Waals surface area contributed by atoms with Gasteiger partial charge in [0.15, 0.2) is 6.10 Å². The predicted molar refractivity (Wildman–Crippen MR) is 270 cm³/mol. The molecule has 0 aromatic carbocycles. The summed E-state index contributed by atoms with van der Waals surface area (Å²) in [7, 11) is 0. The van der Waals surface area contributed by atoms with Gasteiger partial charge in [-0.3, -0.25) is 14.4 Å². The lowest BCUT2D eigenvalue weighted by Crippen LogP contribution is -2.30. The quantitative estimate of drug-likeness (QED) is 0.0199. The standard InChI is InChI=1S/C57H92O6/c1-4-7-10-13-16-19-21-23-25-27-28-30-31-33-35-38-41-44-47-50-56(59)62-53-54(52-61-55(58)49-46-43-40-37-18-15-12-9-6-3)63-57(60)51-48-45-42-39-36-34-32-29-26-24-22-20-17-14-11-8-5-2/h7,9-10,12-13,16,18-19,21,23,25,27-28,30-31,33,35,37,54H,4-6,8,11,14-15,17,20,22,24,26,29,32,34,36,38-53H2,1-3H3/b10-7-,12-9-,16-13-,21-19-,25-23-,28-27+,31-30-,35-33-,37-18-. The molecular formula is C57H92O6. The number of esters is 3. The largest absolute Gasteiger partial charge is 0.462 e. The topological polar surface area (TPSA) is 78.9 Å². The highest BCUT2D eigenvalue weighted by Gasteiger charge is 2.19. The van der Waals surface area contributed by atoms with Crippen molar-refractivity contribution in [1.29, 1.82) is 0 Å². The molecule has 0 heterocycles. The number of hydrogen-bond acceptors (Lipinski definition) is 6. The number of rotatable bonds is 44. The van der Waals surface area contributed by atoms with E-state index in [1.54, 1.807) is 0 Å². The highest BCUT2D eigenvalue weighted by Crippen LogP contribution is 2.15. The van der Waals surface area contributed by atoms with E-state index in [9.17, 15) is 14.4 Å². The molecule has 356 valence electrons. The van der Waals surface area contributed by atoms with Crippen LogP contribution < -0.4 is 0 Å². The zero-order valence-electron chi connectivity index (χ0n) is 40.5. The number of carbonyl (C=O) groups is 3. The maximum Gasteiger partial charge on any atom is 0.306 e. The molecule has 6 heteroatoms. The number of hydrogen-bond donors (Lipinski definition) is 0. The third kappa shape index (κ3) is 49.0. The molecule has 0 aliphatic rings. The highest BCUT2D eigenvalue weighted by molar-refractivity contribution is 5.71. The first-order valence-electron chi connectivity index (χ1n) is 25.5. The summed E-state index contributed by atoms with van der Waals surface area (Å²) in [6.07, 6.45) is 68.0. The SMILES string of the molecule is CC\C=C/C=C\C=C/C=C\C=C\C=C/C=C\CCCCCC(=O)OCC(COC(=O)CCCC/C=C\C/C=C\CC)OC(=O)CCCCCCCCCCCCCCCCCCC. The molecule has 0 aromatic rings. The fraction of sp³-hybridized carbons (Fsp3) is 0.632. The van der Waals surface area contributed by atoms with E-state index >= 15 is 0 Å². The van der Waals surface area contributed by atoms with Crippen molar-refractivity contribution >= 4 is 17.9 Å². The molecule has 0 spiro atoms. The van der Waals surface area contributed by atoms with E-state index in [0.29, 0.717) is 19.3 Å². The number of carbonyl (C=O) groups excluding carboxylic acids is 3. The van der Waals surface area contributed by atoms with Crippen molar-refractivity contribution in [3.63, 3.8) is 0 Å². The molecule has 63 heavy (non-hydrogen) atoms. The van der Waals surface area contributed by atoms with Crippen molar-refractivity contribution in [2.45, 2.75) is 219 Å². The Hall–Kier alpha value is -3.93. The zero-order chi connectivity index (χ0) is 45.8. The van der Waals surface area contributed by atoms with Crippen LogP contribution >= 0.6 is 0 Å². The van der Waals surface area contributed by atoms with E-state index in [1.165, 1.54) is 89.9 Å². The predicted octanol–water partition coefficient (Wildman–Crippen LogP) is 16.8. The summed E-state index contributed by atoms with van der Waals surface area (Å²) in [5.74, 6) is -0.993. The second-order valence-corrected chi connectivity index (χ2v) is 16.5. The van der Waals surface area contributed by atoms with E-state index in [2.05, 4.69) is 57.2 Å². The minimum atomic E-state index is -0.809. The molecule has 1 unspecified atom stereocenters. The fourth-order valence-corrected chi connectivity index (χ4v) is 6.70. The van der Waals surface area contributed by atoms with Gasteiger partial charge in [-0.15, -0.1) is 0 Å². The first-order chi connectivity index (χ1) is 31.0. The first kappa shape index (κ1) is 59.1. The van der Waals surface area contributed by atoms with Crippen LogP contribution in [-0.4, -0.2) is 37.2 Å². The van der Waals surface area contributed by atoms with Gasteiger partial charge in [0.25, 0.3) is 0 Å². The lowest BCUT2D eigenvalue weighted by molar-refractivity contribution is -0.167. The van der Waals surface area contributed by atoms with Crippen molar-refractivity contribution < 1.29 is 28.6 Å². The molecule has 6 nitrogen and oxygen atoms in total. The maximum absolute atomic E-state index is 12.8. The molecule has 1 atom stereocenters. The second-order valence-electron chi connectivity index (χ2n) is 16.5. The van der Waals surface area contributed by atoms with Crippen molar-refractivity contribution in [3.8, 4) is 0 Å². The van der Waals surface area contributed by atoms with Crippen LogP contribution in [0.4, 0.5) is 0 Å². The third-order valence-corrected chi connectivity index (χ3v) is 10.5. The van der Waals surface area contributed by atoms with Gasteiger partial charge >= 0.3 is 17.9 Å². The van der Waals surface area contributed by atoms with E-state index in [4.69, 9.17) is 14.2 Å². The summed E-state index contributed by atoms with van der Waals surface area (Å²) in [6.45, 7) is 6.29. The van der Waals surface area contributed by atoms with Gasteiger partial charge in [-0.25, -0.2) is 0 Å². The zero-order valence-corrected chi connectivity index (χ0v) is 40.5. The maximum atomic E-state index is 12.8. The van der Waals surface area contributed by atoms with E-state index in [0.717, 1.165) is 83.5 Å². The van der Waals surface area contributed by atoms with Gasteiger partial charge in [-0.2, -0.15) is 0 Å². The summed E-state index contributed by atoms with van der Waals surface area (Å²) in [5.41, 5.74) is 0. The average molecular weight is 873 g/mol. The molecule has 0 N–H and O–H groups in total. The van der Waals surface area contributed by atoms with Crippen molar-refractivity contribution in [3.05, 3.63) is 109 Å². The number of ether oxygens (including phenoxy) is 3. The Morgan fingerprint density at radius 2 is 0.698 bits per heavy atom. The summed E-state index contributed by atoms with van der Waals surface area (Å²) in [5, 5.41) is 0. The molecule has 0 saturated carbocycles. The molecule has 0 radical (unpaired) electrons. The van der Waals surface area contributed by atoms with Crippen LogP contribution in [0.1, 0.15) is 213 Å². The smallest absolute Gasteiger partial charge is 0.306 e. The average Bonchev–Trinajstić information content (AvgIpc) is 3.28. The summed E-state index contributed by atoms with van der Waals surface area (Å²) in [6, 6.07) is 0. The van der Waals surface area contributed by atoms with Crippen LogP contribution in [0.5, 0.6) is 0 Å². The molecule has 0 saturated heterocycles. The molecule has 0 fully saturated rings. The fourth-order valence-electron chi connectivity index (χ4n) is 6.70. The molecular weight excluding hydrogens is 781 g/mol. The Morgan fingerprint density at radius 3 is 1.17 bits per heavy atom. The Morgan fingerprint density at radius 1 is 0.349 bits per heavy atom. The van der Waals surface area contributed by atoms with Gasteiger partial charge in [-0.05, 0) is 64.2 Å². The summed E-state index contributed by atoms with van der Waals surface area (Å²) >= 11 is 0. The Bertz CT molecular complexity index is 1330. The van der Waals surface area contributed by atoms with Gasteiger partial charge in [0.05, 0.1) is 0 Å². The van der Waals surface area contributed by atoms with Crippen LogP contribution in [0.2, 0.25) is 0 Å². The van der Waals surface area contributed by atoms with Crippen LogP contribution in [0.25, 0.3) is 0 Å². The van der Waals surface area contributed by atoms with Gasteiger partial charge in [0.1, 0.15) is 13.2 Å². The minimum absolute atomic E-state index is 0.111. The molecule has 0 amide bonds. The molecule has 0 rings (SSSR count). The molecule has 0 aliphatic carbocycles. The van der Waals surface area contributed by atoms with Crippen LogP contribution in [0.3, 0.4) is 0 Å². The van der Waals surface area contributed by atoms with Gasteiger partial charge in [-0.1, -0.05) is 239 Å². The Kier molecular flexibility index (Phi) is 47.5. The van der Waals surface area contributed by atoms with E-state index in [-0.39, 0.29) is 31.1 Å². The van der Waals surface area contributed by atoms with Crippen LogP contribution in [-0.2, 0) is 28.6 Å². The lowest BCUT2D eigenvalue weighted by atomic mass is 10.0. The van der Waals surface area contributed by atoms with Gasteiger partial charge in [0.2, 0.25) is 0 Å². The molecule has 0 aromatic heterocycles. The summed E-state index contributed by atoms with van der Waals surface area (Å²) in [4.78, 5) is 37.9. The Labute approximate surface area is 387 Å².